The first kappa shape index (κ1) is 12.0. The molecule has 0 aromatic carbocycles. The van der Waals surface area contributed by atoms with Crippen LogP contribution in [-0.2, 0) is 0 Å². The van der Waals surface area contributed by atoms with Crippen molar-refractivity contribution in [3.63, 3.8) is 0 Å². The van der Waals surface area contributed by atoms with E-state index in [1.807, 2.05) is 0 Å². The lowest BCUT2D eigenvalue weighted by atomic mass is 10.00. The van der Waals surface area contributed by atoms with Gasteiger partial charge in [-0.05, 0) is 51.5 Å². The third-order valence-electron chi connectivity index (χ3n) is 3.41. The van der Waals surface area contributed by atoms with Gasteiger partial charge in [0, 0.05) is 12.6 Å². The molecular weight excluding hydrogens is 174 g/mol. The SMILES string of the molecule is CC(NCCCCCO)C1CCCC1. The Morgan fingerprint density at radius 1 is 1.21 bits per heavy atom. The van der Waals surface area contributed by atoms with E-state index in [4.69, 9.17) is 5.11 Å². The van der Waals surface area contributed by atoms with Gasteiger partial charge in [-0.1, -0.05) is 12.8 Å². The van der Waals surface area contributed by atoms with Crippen LogP contribution in [0.3, 0.4) is 0 Å². The summed E-state index contributed by atoms with van der Waals surface area (Å²) < 4.78 is 0. The highest BCUT2D eigenvalue weighted by atomic mass is 16.2. The second-order valence-corrected chi connectivity index (χ2v) is 4.57. The third-order valence-corrected chi connectivity index (χ3v) is 3.41. The van der Waals surface area contributed by atoms with Crippen molar-refractivity contribution >= 4 is 0 Å². The van der Waals surface area contributed by atoms with Gasteiger partial charge >= 0.3 is 0 Å². The van der Waals surface area contributed by atoms with Crippen LogP contribution in [0.5, 0.6) is 0 Å². The van der Waals surface area contributed by atoms with Crippen molar-refractivity contribution in [2.75, 3.05) is 13.2 Å². The normalized spacial score (nSPS) is 20.1. The molecule has 0 saturated heterocycles. The van der Waals surface area contributed by atoms with Gasteiger partial charge in [-0.3, -0.25) is 0 Å². The van der Waals surface area contributed by atoms with Crippen molar-refractivity contribution in [1.82, 2.24) is 5.32 Å². The summed E-state index contributed by atoms with van der Waals surface area (Å²) >= 11 is 0. The van der Waals surface area contributed by atoms with Crippen LogP contribution in [0.4, 0.5) is 0 Å². The lowest BCUT2D eigenvalue weighted by Crippen LogP contribution is -2.32. The highest BCUT2D eigenvalue weighted by molar-refractivity contribution is 4.76. The number of hydrogen-bond donors (Lipinski definition) is 2. The molecule has 0 heterocycles. The standard InChI is InChI=1S/C12H25NO/c1-11(12-7-3-4-8-12)13-9-5-2-6-10-14/h11-14H,2-10H2,1H3. The van der Waals surface area contributed by atoms with Crippen molar-refractivity contribution in [1.29, 1.82) is 0 Å². The number of nitrogens with one attached hydrogen (secondary N) is 1. The molecule has 2 N–H and O–H groups in total. The van der Waals surface area contributed by atoms with Gasteiger partial charge in [0.05, 0.1) is 0 Å². The Morgan fingerprint density at radius 3 is 2.57 bits per heavy atom. The fourth-order valence-electron chi connectivity index (χ4n) is 2.37. The summed E-state index contributed by atoms with van der Waals surface area (Å²) in [6.45, 7) is 3.79. The average Bonchev–Trinajstić information content (AvgIpc) is 2.70. The van der Waals surface area contributed by atoms with Crippen molar-refractivity contribution in [3.8, 4) is 0 Å². The van der Waals surface area contributed by atoms with Gasteiger partial charge in [-0.2, -0.15) is 0 Å². The maximum absolute atomic E-state index is 8.63. The molecule has 2 nitrogen and oxygen atoms in total. The van der Waals surface area contributed by atoms with Crippen LogP contribution in [-0.4, -0.2) is 24.3 Å². The van der Waals surface area contributed by atoms with Gasteiger partial charge in [0.2, 0.25) is 0 Å². The summed E-state index contributed by atoms with van der Waals surface area (Å²) in [7, 11) is 0. The summed E-state index contributed by atoms with van der Waals surface area (Å²) in [6, 6.07) is 0.701. The largest absolute Gasteiger partial charge is 0.396 e. The molecule has 0 radical (unpaired) electrons. The van der Waals surface area contributed by atoms with Crippen molar-refractivity contribution in [2.45, 2.75) is 57.9 Å². The first-order valence-electron chi connectivity index (χ1n) is 6.19. The van der Waals surface area contributed by atoms with Crippen molar-refractivity contribution in [3.05, 3.63) is 0 Å². The van der Waals surface area contributed by atoms with Crippen LogP contribution in [0, 0.1) is 5.92 Å². The maximum atomic E-state index is 8.63. The molecule has 0 spiro atoms. The third kappa shape index (κ3) is 4.43. The monoisotopic (exact) mass is 199 g/mol. The molecule has 1 aliphatic carbocycles. The van der Waals surface area contributed by atoms with Crippen LogP contribution >= 0.6 is 0 Å². The molecule has 0 aliphatic heterocycles. The molecule has 84 valence electrons. The molecule has 2 heteroatoms. The van der Waals surface area contributed by atoms with Gasteiger partial charge < -0.3 is 10.4 Å². The molecule has 1 unspecified atom stereocenters. The second-order valence-electron chi connectivity index (χ2n) is 4.57. The zero-order valence-corrected chi connectivity index (χ0v) is 9.47. The number of aliphatic hydroxyl groups is 1. The molecular formula is C12H25NO. The first-order valence-corrected chi connectivity index (χ1v) is 6.19. The lowest BCUT2D eigenvalue weighted by Gasteiger charge is -2.20. The Labute approximate surface area is 88.1 Å². The molecule has 1 fully saturated rings. The molecule has 1 saturated carbocycles. The minimum absolute atomic E-state index is 0.345. The van der Waals surface area contributed by atoms with Crippen LogP contribution < -0.4 is 5.32 Å². The van der Waals surface area contributed by atoms with Crippen LogP contribution in [0.25, 0.3) is 0 Å². The zero-order valence-electron chi connectivity index (χ0n) is 9.47. The summed E-state index contributed by atoms with van der Waals surface area (Å²) in [4.78, 5) is 0. The van der Waals surface area contributed by atoms with E-state index in [9.17, 15) is 0 Å². The Balaban J connectivity index is 1.94. The number of hydrogen-bond acceptors (Lipinski definition) is 2. The van der Waals surface area contributed by atoms with Crippen LogP contribution in [0.2, 0.25) is 0 Å². The van der Waals surface area contributed by atoms with E-state index in [1.165, 1.54) is 32.1 Å². The Morgan fingerprint density at radius 2 is 1.93 bits per heavy atom. The molecule has 1 atom stereocenters. The quantitative estimate of drug-likeness (QED) is 0.617. The minimum atomic E-state index is 0.345. The van der Waals surface area contributed by atoms with E-state index >= 15 is 0 Å². The minimum Gasteiger partial charge on any atom is -0.396 e. The highest BCUT2D eigenvalue weighted by Gasteiger charge is 2.20. The van der Waals surface area contributed by atoms with E-state index in [0.29, 0.717) is 12.6 Å². The topological polar surface area (TPSA) is 32.3 Å². The van der Waals surface area contributed by atoms with Gasteiger partial charge in [-0.25, -0.2) is 0 Å². The van der Waals surface area contributed by atoms with Crippen LogP contribution in [0.15, 0.2) is 0 Å². The summed E-state index contributed by atoms with van der Waals surface area (Å²) in [5, 5.41) is 12.2. The maximum Gasteiger partial charge on any atom is 0.0431 e. The van der Waals surface area contributed by atoms with E-state index in [-0.39, 0.29) is 0 Å². The fraction of sp³-hybridized carbons (Fsp3) is 1.00. The van der Waals surface area contributed by atoms with Crippen LogP contribution in [0.1, 0.15) is 51.9 Å². The van der Waals surface area contributed by atoms with Crippen molar-refractivity contribution in [2.24, 2.45) is 5.92 Å². The molecule has 14 heavy (non-hydrogen) atoms. The van der Waals surface area contributed by atoms with E-state index in [2.05, 4.69) is 12.2 Å². The van der Waals surface area contributed by atoms with Gasteiger partial charge in [0.1, 0.15) is 0 Å². The Kier molecular flexibility index (Phi) is 6.20. The van der Waals surface area contributed by atoms with Gasteiger partial charge in [0.15, 0.2) is 0 Å². The summed E-state index contributed by atoms with van der Waals surface area (Å²) in [6.07, 6.45) is 9.02. The molecule has 0 bridgehead atoms. The first-order chi connectivity index (χ1) is 6.84. The Bertz CT molecular complexity index is 132. The molecule has 0 amide bonds. The summed E-state index contributed by atoms with van der Waals surface area (Å²) in [5.74, 6) is 0.924. The fourth-order valence-corrected chi connectivity index (χ4v) is 2.37. The second kappa shape index (κ2) is 7.24. The van der Waals surface area contributed by atoms with Gasteiger partial charge in [-0.15, -0.1) is 0 Å². The molecule has 0 aromatic heterocycles. The van der Waals surface area contributed by atoms with Crippen molar-refractivity contribution < 1.29 is 5.11 Å². The predicted octanol–water partition coefficient (Wildman–Crippen LogP) is 2.32. The predicted molar refractivity (Wildman–Crippen MR) is 60.4 cm³/mol. The Hall–Kier alpha value is -0.0800. The van der Waals surface area contributed by atoms with E-state index in [0.717, 1.165) is 25.3 Å². The molecule has 0 aromatic rings. The van der Waals surface area contributed by atoms with E-state index < -0.39 is 0 Å². The number of aliphatic hydroxyl groups excluding tert-OH is 1. The smallest absolute Gasteiger partial charge is 0.0431 e. The highest BCUT2D eigenvalue weighted by Crippen LogP contribution is 2.27. The number of unbranched alkanes of at least 4 members (excludes halogenated alkanes) is 2. The summed E-state index contributed by atoms with van der Waals surface area (Å²) in [5.41, 5.74) is 0. The molecule has 1 aliphatic rings. The molecule has 1 rings (SSSR count). The average molecular weight is 199 g/mol. The van der Waals surface area contributed by atoms with E-state index in [1.54, 1.807) is 0 Å². The lowest BCUT2D eigenvalue weighted by molar-refractivity contribution is 0.281. The number of rotatable bonds is 7. The zero-order chi connectivity index (χ0) is 10.2. The van der Waals surface area contributed by atoms with Gasteiger partial charge in [0.25, 0.3) is 0 Å².